The smallest absolute Gasteiger partial charge is 0.295 e. The van der Waals surface area contributed by atoms with Crippen molar-refractivity contribution in [3.63, 3.8) is 0 Å². The summed E-state index contributed by atoms with van der Waals surface area (Å²) in [6, 6.07) is 8.57. The summed E-state index contributed by atoms with van der Waals surface area (Å²) in [4.78, 5) is 47.0. The van der Waals surface area contributed by atoms with Crippen molar-refractivity contribution < 1.29 is 14.0 Å². The number of fused-ring (bicyclic) bond motifs is 1. The topological polar surface area (TPSA) is 142 Å². The van der Waals surface area contributed by atoms with Crippen LogP contribution in [-0.2, 0) is 4.79 Å². The molecule has 1 N–H and O–H groups in total. The molecule has 35 heavy (non-hydrogen) atoms. The van der Waals surface area contributed by atoms with Crippen LogP contribution in [0.25, 0.3) is 16.6 Å². The number of tetrazole rings is 1. The number of piperazine rings is 1. The highest BCUT2D eigenvalue weighted by Gasteiger charge is 2.31. The lowest BCUT2D eigenvalue weighted by Crippen LogP contribution is -2.51. The standard InChI is InChI=1S/C22H20FN9O3/c1-13(27-35)18-19-17(16(23)12-25-18)15(11-24-19)20(33)21(34)30-7-9-31(10-8-30)22-26-28-29-32(22)14-5-3-2-4-6-14/h2-6,11-13,24H,7-10H2,1H3. The molecule has 1 aliphatic rings. The van der Waals surface area contributed by atoms with Gasteiger partial charge in [0.1, 0.15) is 6.04 Å². The predicted octanol–water partition coefficient (Wildman–Crippen LogP) is 2.04. The molecule has 1 aromatic carbocycles. The van der Waals surface area contributed by atoms with Crippen molar-refractivity contribution in [2.45, 2.75) is 13.0 Å². The molecule has 178 valence electrons. The second kappa shape index (κ2) is 9.00. The second-order valence-electron chi connectivity index (χ2n) is 8.06. The van der Waals surface area contributed by atoms with Crippen molar-refractivity contribution >= 4 is 28.5 Å². The van der Waals surface area contributed by atoms with Gasteiger partial charge in [-0.2, -0.15) is 9.59 Å². The summed E-state index contributed by atoms with van der Waals surface area (Å²) < 4.78 is 16.2. The number of carbonyl (C=O) groups is 2. The molecule has 0 aliphatic carbocycles. The van der Waals surface area contributed by atoms with Gasteiger partial charge in [0.05, 0.1) is 34.0 Å². The number of anilines is 1. The van der Waals surface area contributed by atoms with E-state index in [-0.39, 0.29) is 35.2 Å². The third-order valence-electron chi connectivity index (χ3n) is 5.99. The van der Waals surface area contributed by atoms with E-state index in [1.807, 2.05) is 35.2 Å². The highest BCUT2D eigenvalue weighted by Crippen LogP contribution is 2.29. The number of pyridine rings is 1. The number of aromatic amines is 1. The molecule has 1 unspecified atom stereocenters. The molecular weight excluding hydrogens is 457 g/mol. The van der Waals surface area contributed by atoms with Gasteiger partial charge in [0.25, 0.3) is 11.7 Å². The molecule has 0 spiro atoms. The zero-order valence-corrected chi connectivity index (χ0v) is 18.6. The van der Waals surface area contributed by atoms with Gasteiger partial charge in [0.2, 0.25) is 5.95 Å². The maximum absolute atomic E-state index is 14.6. The van der Waals surface area contributed by atoms with E-state index in [9.17, 15) is 18.9 Å². The van der Waals surface area contributed by atoms with E-state index in [1.165, 1.54) is 18.0 Å². The van der Waals surface area contributed by atoms with Crippen molar-refractivity contribution in [1.29, 1.82) is 0 Å². The molecule has 4 heterocycles. The first-order valence-corrected chi connectivity index (χ1v) is 10.9. The Bertz CT molecular complexity index is 1410. The monoisotopic (exact) mass is 477 g/mol. The number of nitroso groups, excluding NO2 is 1. The fraction of sp³-hybridized carbons (Fsp3) is 0.273. The lowest BCUT2D eigenvalue weighted by atomic mass is 10.1. The number of ketones is 1. The predicted molar refractivity (Wildman–Crippen MR) is 123 cm³/mol. The highest BCUT2D eigenvalue weighted by atomic mass is 19.1. The number of nitrogens with one attached hydrogen (secondary N) is 1. The van der Waals surface area contributed by atoms with Gasteiger partial charge >= 0.3 is 0 Å². The molecular formula is C22H20FN9O3. The van der Waals surface area contributed by atoms with Crippen LogP contribution >= 0.6 is 0 Å². The number of Topliss-reactive ketones (excluding diaryl/α,β-unsaturated/α-hetero) is 1. The summed E-state index contributed by atoms with van der Waals surface area (Å²) in [5, 5.41) is 14.8. The number of H-pyrrole nitrogens is 1. The zero-order valence-electron chi connectivity index (χ0n) is 18.6. The Morgan fingerprint density at radius 3 is 2.60 bits per heavy atom. The van der Waals surface area contributed by atoms with E-state index >= 15 is 0 Å². The van der Waals surface area contributed by atoms with Gasteiger partial charge in [-0.15, -0.1) is 0 Å². The SMILES string of the molecule is CC(N=O)c1ncc(F)c2c(C(=O)C(=O)N3CCN(c4nnnn4-c4ccccc4)CC3)c[nH]c12. The number of nitrogens with zero attached hydrogens (tertiary/aromatic N) is 8. The van der Waals surface area contributed by atoms with Gasteiger partial charge in [0, 0.05) is 32.4 Å². The normalized spacial score (nSPS) is 14.8. The third kappa shape index (κ3) is 3.90. The van der Waals surface area contributed by atoms with Crippen LogP contribution in [-0.4, -0.2) is 72.9 Å². The van der Waals surface area contributed by atoms with Gasteiger partial charge in [-0.1, -0.05) is 28.5 Å². The summed E-state index contributed by atoms with van der Waals surface area (Å²) in [6.45, 7) is 2.84. The highest BCUT2D eigenvalue weighted by molar-refractivity contribution is 6.45. The number of aromatic nitrogens is 6. The number of benzene rings is 1. The summed E-state index contributed by atoms with van der Waals surface area (Å²) >= 11 is 0. The molecule has 4 aromatic rings. The molecule has 1 atom stereocenters. The summed E-state index contributed by atoms with van der Waals surface area (Å²) in [5.41, 5.74) is 1.06. The van der Waals surface area contributed by atoms with Crippen molar-refractivity contribution in [2.24, 2.45) is 5.18 Å². The van der Waals surface area contributed by atoms with Crippen LogP contribution in [0, 0.1) is 10.7 Å². The Balaban J connectivity index is 1.33. The van der Waals surface area contributed by atoms with E-state index < -0.39 is 23.5 Å². The quantitative estimate of drug-likeness (QED) is 0.253. The first kappa shape index (κ1) is 22.3. The van der Waals surface area contributed by atoms with Crippen LogP contribution in [0.15, 0.2) is 47.9 Å². The number of para-hydroxylation sites is 1. The first-order chi connectivity index (χ1) is 17.0. The minimum absolute atomic E-state index is 0.0791. The van der Waals surface area contributed by atoms with Crippen molar-refractivity contribution in [3.05, 3.63) is 64.7 Å². The van der Waals surface area contributed by atoms with E-state index in [0.717, 1.165) is 11.9 Å². The molecule has 1 fully saturated rings. The number of hydrogen-bond donors (Lipinski definition) is 1. The number of hydrogen-bond acceptors (Lipinski definition) is 9. The fourth-order valence-corrected chi connectivity index (χ4v) is 4.16. The average Bonchev–Trinajstić information content (AvgIpc) is 3.57. The summed E-state index contributed by atoms with van der Waals surface area (Å²) in [7, 11) is 0. The van der Waals surface area contributed by atoms with Crippen LogP contribution in [0.3, 0.4) is 0 Å². The van der Waals surface area contributed by atoms with E-state index in [4.69, 9.17) is 0 Å². The van der Waals surface area contributed by atoms with Crippen molar-refractivity contribution in [2.75, 3.05) is 31.1 Å². The maximum Gasteiger partial charge on any atom is 0.295 e. The maximum atomic E-state index is 14.6. The van der Waals surface area contributed by atoms with Gasteiger partial charge in [-0.25, -0.2) is 4.39 Å². The molecule has 13 heteroatoms. The molecule has 1 amide bonds. The lowest BCUT2D eigenvalue weighted by Gasteiger charge is -2.34. The Morgan fingerprint density at radius 1 is 1.14 bits per heavy atom. The van der Waals surface area contributed by atoms with Crippen LogP contribution in [0.5, 0.6) is 0 Å². The molecule has 0 saturated carbocycles. The molecule has 0 bridgehead atoms. The summed E-state index contributed by atoms with van der Waals surface area (Å²) in [5.74, 6) is -1.82. The number of halogens is 1. The minimum Gasteiger partial charge on any atom is -0.359 e. The second-order valence-corrected chi connectivity index (χ2v) is 8.06. The largest absolute Gasteiger partial charge is 0.359 e. The number of amides is 1. The van der Waals surface area contributed by atoms with Gasteiger partial charge < -0.3 is 14.8 Å². The molecule has 1 saturated heterocycles. The Hall–Kier alpha value is -4.55. The molecule has 12 nitrogen and oxygen atoms in total. The first-order valence-electron chi connectivity index (χ1n) is 10.9. The van der Waals surface area contributed by atoms with E-state index in [2.05, 4.69) is 30.7 Å². The van der Waals surface area contributed by atoms with Gasteiger partial charge in [-0.3, -0.25) is 14.6 Å². The van der Waals surface area contributed by atoms with Crippen molar-refractivity contribution in [1.82, 2.24) is 35.1 Å². The molecule has 3 aromatic heterocycles. The van der Waals surface area contributed by atoms with Crippen LogP contribution in [0.2, 0.25) is 0 Å². The van der Waals surface area contributed by atoms with Crippen LogP contribution in [0.1, 0.15) is 29.0 Å². The number of rotatable bonds is 6. The molecule has 0 radical (unpaired) electrons. The van der Waals surface area contributed by atoms with Crippen molar-refractivity contribution in [3.8, 4) is 5.69 Å². The average molecular weight is 477 g/mol. The molecule has 1 aliphatic heterocycles. The van der Waals surface area contributed by atoms with E-state index in [0.29, 0.717) is 19.0 Å². The van der Waals surface area contributed by atoms with E-state index in [1.54, 1.807) is 4.68 Å². The fourth-order valence-electron chi connectivity index (χ4n) is 4.16. The van der Waals surface area contributed by atoms with Crippen LogP contribution < -0.4 is 4.90 Å². The number of carbonyl (C=O) groups excluding carboxylic acids is 2. The van der Waals surface area contributed by atoms with Gasteiger partial charge in [0.15, 0.2) is 5.82 Å². The Kier molecular flexibility index (Phi) is 5.73. The Labute approximate surface area is 197 Å². The lowest BCUT2D eigenvalue weighted by molar-refractivity contribution is -0.126. The van der Waals surface area contributed by atoms with Crippen LogP contribution in [0.4, 0.5) is 10.3 Å². The minimum atomic E-state index is -0.851. The summed E-state index contributed by atoms with van der Waals surface area (Å²) in [6.07, 6.45) is 2.19. The Morgan fingerprint density at radius 2 is 1.89 bits per heavy atom. The van der Waals surface area contributed by atoms with Gasteiger partial charge in [-0.05, 0) is 29.5 Å². The zero-order chi connectivity index (χ0) is 24.5. The molecule has 5 rings (SSSR count). The third-order valence-corrected chi connectivity index (χ3v) is 5.99.